The Hall–Kier alpha value is -1.75. The van der Waals surface area contributed by atoms with E-state index in [-0.39, 0.29) is 5.91 Å². The van der Waals surface area contributed by atoms with Crippen LogP contribution in [0.25, 0.3) is 0 Å². The lowest BCUT2D eigenvalue weighted by Gasteiger charge is -2.03. The normalized spacial score (nSPS) is 10.8. The number of nitrogens with one attached hydrogen (secondary N) is 1. The van der Waals surface area contributed by atoms with Crippen molar-refractivity contribution in [1.82, 2.24) is 15.3 Å². The molecule has 0 atom stereocenters. The van der Waals surface area contributed by atoms with Crippen molar-refractivity contribution in [3.05, 3.63) is 46.2 Å². The fraction of sp³-hybridized carbons (Fsp3) is 0.400. The standard InChI is InChI=1S/C15H19N3OS/c1-11(2)13-10-20-15(18-13)7-6-14(19)17-9-12-5-3-4-8-16-12/h3-5,8,10-11H,6-7,9H2,1-2H3,(H,17,19). The first kappa shape index (κ1) is 14.7. The van der Waals surface area contributed by atoms with Gasteiger partial charge in [-0.25, -0.2) is 4.98 Å². The Kier molecular flexibility index (Phi) is 5.24. The second-order valence-electron chi connectivity index (χ2n) is 4.92. The van der Waals surface area contributed by atoms with Crippen LogP contribution < -0.4 is 5.32 Å². The van der Waals surface area contributed by atoms with Crippen LogP contribution in [0.3, 0.4) is 0 Å². The SMILES string of the molecule is CC(C)c1csc(CCC(=O)NCc2ccccn2)n1. The van der Waals surface area contributed by atoms with E-state index >= 15 is 0 Å². The van der Waals surface area contributed by atoms with Crippen LogP contribution in [0.4, 0.5) is 0 Å². The lowest BCUT2D eigenvalue weighted by Crippen LogP contribution is -2.23. The van der Waals surface area contributed by atoms with E-state index in [2.05, 4.69) is 34.5 Å². The molecule has 0 fully saturated rings. The lowest BCUT2D eigenvalue weighted by atomic mass is 10.2. The van der Waals surface area contributed by atoms with E-state index in [1.807, 2.05) is 18.2 Å². The number of aryl methyl sites for hydroxylation is 1. The average Bonchev–Trinajstić information content (AvgIpc) is 2.93. The summed E-state index contributed by atoms with van der Waals surface area (Å²) in [5, 5.41) is 5.98. The highest BCUT2D eigenvalue weighted by Crippen LogP contribution is 2.18. The van der Waals surface area contributed by atoms with Crippen molar-refractivity contribution < 1.29 is 4.79 Å². The predicted molar refractivity (Wildman–Crippen MR) is 80.6 cm³/mol. The number of hydrogen-bond acceptors (Lipinski definition) is 4. The quantitative estimate of drug-likeness (QED) is 0.889. The summed E-state index contributed by atoms with van der Waals surface area (Å²) in [6.45, 7) is 4.73. The van der Waals surface area contributed by atoms with E-state index in [1.54, 1.807) is 17.5 Å². The Balaban J connectivity index is 1.74. The van der Waals surface area contributed by atoms with Gasteiger partial charge in [0.1, 0.15) is 0 Å². The van der Waals surface area contributed by atoms with Crippen molar-refractivity contribution >= 4 is 17.2 Å². The highest BCUT2D eigenvalue weighted by atomic mass is 32.1. The minimum atomic E-state index is 0.0388. The fourth-order valence-electron chi connectivity index (χ4n) is 1.71. The van der Waals surface area contributed by atoms with Gasteiger partial charge in [0.25, 0.3) is 0 Å². The summed E-state index contributed by atoms with van der Waals surface area (Å²) in [6, 6.07) is 5.67. The lowest BCUT2D eigenvalue weighted by molar-refractivity contribution is -0.121. The van der Waals surface area contributed by atoms with Crippen LogP contribution in [0.2, 0.25) is 0 Å². The summed E-state index contributed by atoms with van der Waals surface area (Å²) in [4.78, 5) is 20.5. The molecule has 0 aromatic carbocycles. The first-order valence-electron chi connectivity index (χ1n) is 6.76. The van der Waals surface area contributed by atoms with Crippen LogP contribution in [0.1, 0.15) is 42.6 Å². The van der Waals surface area contributed by atoms with Gasteiger partial charge in [-0.3, -0.25) is 9.78 Å². The summed E-state index contributed by atoms with van der Waals surface area (Å²) in [5.74, 6) is 0.481. The largest absolute Gasteiger partial charge is 0.350 e. The number of rotatable bonds is 6. The van der Waals surface area contributed by atoms with E-state index in [0.717, 1.165) is 16.4 Å². The van der Waals surface area contributed by atoms with E-state index in [1.165, 1.54) is 0 Å². The molecule has 0 saturated heterocycles. The average molecular weight is 289 g/mol. The molecule has 2 aromatic rings. The maximum Gasteiger partial charge on any atom is 0.220 e. The summed E-state index contributed by atoms with van der Waals surface area (Å²) >= 11 is 1.63. The van der Waals surface area contributed by atoms with Gasteiger partial charge in [-0.2, -0.15) is 0 Å². The molecule has 0 saturated carbocycles. The van der Waals surface area contributed by atoms with E-state index in [4.69, 9.17) is 0 Å². The Bertz CT molecular complexity index is 551. The number of pyridine rings is 1. The van der Waals surface area contributed by atoms with Crippen molar-refractivity contribution in [2.75, 3.05) is 0 Å². The third-order valence-electron chi connectivity index (χ3n) is 2.92. The number of aromatic nitrogens is 2. The van der Waals surface area contributed by atoms with Crippen molar-refractivity contribution in [1.29, 1.82) is 0 Å². The molecule has 0 radical (unpaired) electrons. The number of hydrogen-bond donors (Lipinski definition) is 1. The maximum absolute atomic E-state index is 11.8. The molecule has 0 aliphatic heterocycles. The smallest absolute Gasteiger partial charge is 0.220 e. The van der Waals surface area contributed by atoms with Gasteiger partial charge < -0.3 is 5.32 Å². The van der Waals surface area contributed by atoms with Gasteiger partial charge in [-0.1, -0.05) is 19.9 Å². The van der Waals surface area contributed by atoms with Gasteiger partial charge >= 0.3 is 0 Å². The third-order valence-corrected chi connectivity index (χ3v) is 3.85. The third kappa shape index (κ3) is 4.42. The fourth-order valence-corrected chi connectivity index (χ4v) is 2.67. The van der Waals surface area contributed by atoms with Gasteiger partial charge in [-0.05, 0) is 18.1 Å². The molecule has 1 amide bonds. The Morgan fingerprint density at radius 1 is 1.40 bits per heavy atom. The van der Waals surface area contributed by atoms with Gasteiger partial charge in [0.05, 0.1) is 22.9 Å². The molecule has 106 valence electrons. The molecule has 2 heterocycles. The molecule has 2 rings (SSSR count). The summed E-state index contributed by atoms with van der Waals surface area (Å²) < 4.78 is 0. The Morgan fingerprint density at radius 2 is 2.25 bits per heavy atom. The zero-order valence-corrected chi connectivity index (χ0v) is 12.6. The minimum Gasteiger partial charge on any atom is -0.350 e. The van der Waals surface area contributed by atoms with Crippen LogP contribution in [-0.2, 0) is 17.8 Å². The number of thiazole rings is 1. The number of carbonyl (C=O) groups is 1. The minimum absolute atomic E-state index is 0.0388. The van der Waals surface area contributed by atoms with E-state index < -0.39 is 0 Å². The molecule has 0 aliphatic rings. The van der Waals surface area contributed by atoms with Crippen LogP contribution in [0.15, 0.2) is 29.8 Å². The van der Waals surface area contributed by atoms with E-state index in [9.17, 15) is 4.79 Å². The van der Waals surface area contributed by atoms with Gasteiger partial charge in [0, 0.05) is 24.4 Å². The second-order valence-corrected chi connectivity index (χ2v) is 5.86. The first-order chi connectivity index (χ1) is 9.65. The highest BCUT2D eigenvalue weighted by Gasteiger charge is 2.08. The molecule has 0 bridgehead atoms. The zero-order valence-electron chi connectivity index (χ0n) is 11.8. The first-order valence-corrected chi connectivity index (χ1v) is 7.64. The van der Waals surface area contributed by atoms with Crippen molar-refractivity contribution in [2.45, 2.75) is 39.2 Å². The molecule has 0 aliphatic carbocycles. The molecular weight excluding hydrogens is 270 g/mol. The van der Waals surface area contributed by atoms with Crippen molar-refractivity contribution in [3.8, 4) is 0 Å². The van der Waals surface area contributed by atoms with Gasteiger partial charge in [0.15, 0.2) is 0 Å². The summed E-state index contributed by atoms with van der Waals surface area (Å²) in [5.41, 5.74) is 1.98. The monoisotopic (exact) mass is 289 g/mol. The van der Waals surface area contributed by atoms with Gasteiger partial charge in [0.2, 0.25) is 5.91 Å². The molecule has 1 N–H and O–H groups in total. The number of amides is 1. The molecule has 20 heavy (non-hydrogen) atoms. The van der Waals surface area contributed by atoms with E-state index in [0.29, 0.717) is 25.3 Å². The maximum atomic E-state index is 11.8. The molecule has 2 aromatic heterocycles. The van der Waals surface area contributed by atoms with Crippen molar-refractivity contribution in [3.63, 3.8) is 0 Å². The van der Waals surface area contributed by atoms with Gasteiger partial charge in [-0.15, -0.1) is 11.3 Å². The zero-order chi connectivity index (χ0) is 14.4. The van der Waals surface area contributed by atoms with Crippen LogP contribution in [-0.4, -0.2) is 15.9 Å². The van der Waals surface area contributed by atoms with Crippen LogP contribution >= 0.6 is 11.3 Å². The predicted octanol–water partition coefficient (Wildman–Crippen LogP) is 2.91. The molecule has 5 heteroatoms. The van der Waals surface area contributed by atoms with Crippen LogP contribution in [0.5, 0.6) is 0 Å². The van der Waals surface area contributed by atoms with Crippen molar-refractivity contribution in [2.24, 2.45) is 0 Å². The summed E-state index contributed by atoms with van der Waals surface area (Å²) in [7, 11) is 0. The molecule has 0 unspecified atom stereocenters. The molecule has 0 spiro atoms. The Morgan fingerprint density at radius 3 is 2.90 bits per heavy atom. The second kappa shape index (κ2) is 7.14. The number of nitrogens with zero attached hydrogens (tertiary/aromatic N) is 2. The highest BCUT2D eigenvalue weighted by molar-refractivity contribution is 7.09. The molecule has 4 nitrogen and oxygen atoms in total. The number of carbonyl (C=O) groups excluding carboxylic acids is 1. The molecular formula is C15H19N3OS. The topological polar surface area (TPSA) is 54.9 Å². The van der Waals surface area contributed by atoms with Crippen LogP contribution in [0, 0.1) is 0 Å². The Labute approximate surface area is 123 Å². The summed E-state index contributed by atoms with van der Waals surface area (Å²) in [6.07, 6.45) is 2.90.